The Kier molecular flexibility index (Phi) is 5.45. The van der Waals surface area contributed by atoms with E-state index in [4.69, 9.17) is 14.6 Å². The molecule has 0 radical (unpaired) electrons. The van der Waals surface area contributed by atoms with E-state index in [0.29, 0.717) is 23.6 Å². The summed E-state index contributed by atoms with van der Waals surface area (Å²) in [4.78, 5) is 11.8. The number of methoxy groups -OCH3 is 2. The molecule has 0 aliphatic carbocycles. The van der Waals surface area contributed by atoms with Gasteiger partial charge in [0, 0.05) is 6.07 Å². The van der Waals surface area contributed by atoms with E-state index in [2.05, 4.69) is 5.32 Å². The lowest BCUT2D eigenvalue weighted by Crippen LogP contribution is -2.25. The van der Waals surface area contributed by atoms with Gasteiger partial charge in [-0.3, -0.25) is 4.79 Å². The Morgan fingerprint density at radius 2 is 2.11 bits per heavy atom. The van der Waals surface area contributed by atoms with Gasteiger partial charge in [-0.1, -0.05) is 6.92 Å². The number of amides is 1. The molecule has 5 heteroatoms. The summed E-state index contributed by atoms with van der Waals surface area (Å²) in [7, 11) is 3.08. The highest BCUT2D eigenvalue weighted by Crippen LogP contribution is 2.29. The topological polar surface area (TPSA) is 67.8 Å². The van der Waals surface area contributed by atoms with Gasteiger partial charge in [-0.15, -0.1) is 0 Å². The molecule has 0 bridgehead atoms. The Bertz CT molecular complexity index is 402. The van der Waals surface area contributed by atoms with Crippen molar-refractivity contribution >= 4 is 11.6 Å². The summed E-state index contributed by atoms with van der Waals surface area (Å²) in [5.74, 6) is 0.551. The number of hydrogen-bond acceptors (Lipinski definition) is 4. The molecule has 18 heavy (non-hydrogen) atoms. The molecular weight excluding hydrogens is 234 g/mol. The molecule has 5 nitrogen and oxygen atoms in total. The van der Waals surface area contributed by atoms with E-state index in [9.17, 15) is 4.79 Å². The lowest BCUT2D eigenvalue weighted by molar-refractivity contribution is -0.121. The average molecular weight is 253 g/mol. The Balaban J connectivity index is 2.86. The predicted octanol–water partition coefficient (Wildman–Crippen LogP) is 1.66. The number of aliphatic hydroxyl groups excluding tert-OH is 1. The minimum atomic E-state index is -0.406. The summed E-state index contributed by atoms with van der Waals surface area (Å²) < 4.78 is 10.3. The number of rotatable bonds is 6. The van der Waals surface area contributed by atoms with Gasteiger partial charge in [-0.05, 0) is 18.6 Å². The van der Waals surface area contributed by atoms with Crippen LogP contribution >= 0.6 is 0 Å². The minimum Gasteiger partial charge on any atom is -0.497 e. The zero-order valence-electron chi connectivity index (χ0n) is 10.9. The molecule has 2 N–H and O–H groups in total. The molecule has 0 aromatic heterocycles. The van der Waals surface area contributed by atoms with E-state index < -0.39 is 5.92 Å². The summed E-state index contributed by atoms with van der Waals surface area (Å²) >= 11 is 0. The summed E-state index contributed by atoms with van der Waals surface area (Å²) in [5, 5.41) is 11.8. The molecule has 1 atom stereocenters. The highest BCUT2D eigenvalue weighted by Gasteiger charge is 2.17. The van der Waals surface area contributed by atoms with E-state index >= 15 is 0 Å². The van der Waals surface area contributed by atoms with Crippen LogP contribution in [-0.4, -0.2) is 31.8 Å². The molecule has 1 rings (SSSR count). The SMILES string of the molecule is CCC(CO)C(=O)Nc1ccc(OC)cc1OC. The molecule has 0 aliphatic rings. The molecule has 100 valence electrons. The third kappa shape index (κ3) is 3.37. The van der Waals surface area contributed by atoms with Crippen molar-refractivity contribution in [3.8, 4) is 11.5 Å². The summed E-state index contributed by atoms with van der Waals surface area (Å²) in [6.45, 7) is 1.69. The molecule has 1 aromatic rings. The molecular formula is C13H19NO4. The standard InChI is InChI=1S/C13H19NO4/c1-4-9(8-15)13(16)14-11-6-5-10(17-2)7-12(11)18-3/h5-7,9,15H,4,8H2,1-3H3,(H,14,16). The number of anilines is 1. The van der Waals surface area contributed by atoms with Crippen LogP contribution in [0.1, 0.15) is 13.3 Å². The molecule has 1 unspecified atom stereocenters. The zero-order valence-corrected chi connectivity index (χ0v) is 10.9. The maximum atomic E-state index is 11.8. The van der Waals surface area contributed by atoms with Crippen molar-refractivity contribution in [2.24, 2.45) is 5.92 Å². The smallest absolute Gasteiger partial charge is 0.229 e. The number of benzene rings is 1. The minimum absolute atomic E-state index is 0.166. The molecule has 1 aromatic carbocycles. The van der Waals surface area contributed by atoms with Gasteiger partial charge < -0.3 is 19.9 Å². The second kappa shape index (κ2) is 6.86. The normalized spacial score (nSPS) is 11.8. The van der Waals surface area contributed by atoms with Crippen LogP contribution in [0.3, 0.4) is 0 Å². The van der Waals surface area contributed by atoms with Crippen LogP contribution in [0.15, 0.2) is 18.2 Å². The largest absolute Gasteiger partial charge is 0.497 e. The lowest BCUT2D eigenvalue weighted by atomic mass is 10.1. The van der Waals surface area contributed by atoms with E-state index in [-0.39, 0.29) is 12.5 Å². The Morgan fingerprint density at radius 3 is 2.61 bits per heavy atom. The number of hydrogen-bond donors (Lipinski definition) is 2. The molecule has 0 aliphatic heterocycles. The van der Waals surface area contributed by atoms with E-state index in [1.54, 1.807) is 25.3 Å². The molecule has 0 heterocycles. The number of carbonyl (C=O) groups is 1. The second-order valence-electron chi connectivity index (χ2n) is 3.84. The van der Waals surface area contributed by atoms with Gasteiger partial charge in [-0.2, -0.15) is 0 Å². The van der Waals surface area contributed by atoms with Gasteiger partial charge in [0.15, 0.2) is 0 Å². The van der Waals surface area contributed by atoms with Crippen molar-refractivity contribution < 1.29 is 19.4 Å². The fourth-order valence-electron chi connectivity index (χ4n) is 1.53. The van der Waals surface area contributed by atoms with Crippen LogP contribution in [-0.2, 0) is 4.79 Å². The first kappa shape index (κ1) is 14.3. The van der Waals surface area contributed by atoms with Gasteiger partial charge in [0.25, 0.3) is 0 Å². The van der Waals surface area contributed by atoms with Gasteiger partial charge in [-0.25, -0.2) is 0 Å². The Morgan fingerprint density at radius 1 is 1.39 bits per heavy atom. The van der Waals surface area contributed by atoms with Crippen LogP contribution < -0.4 is 14.8 Å². The van der Waals surface area contributed by atoms with Crippen molar-refractivity contribution in [2.45, 2.75) is 13.3 Å². The first-order valence-corrected chi connectivity index (χ1v) is 5.80. The lowest BCUT2D eigenvalue weighted by Gasteiger charge is -2.15. The summed E-state index contributed by atoms with van der Waals surface area (Å²) in [6, 6.07) is 5.13. The van der Waals surface area contributed by atoms with Gasteiger partial charge in [0.2, 0.25) is 5.91 Å². The number of nitrogens with one attached hydrogen (secondary N) is 1. The highest BCUT2D eigenvalue weighted by atomic mass is 16.5. The average Bonchev–Trinajstić information content (AvgIpc) is 2.40. The molecule has 0 saturated heterocycles. The molecule has 0 fully saturated rings. The first-order valence-electron chi connectivity index (χ1n) is 5.80. The number of ether oxygens (including phenoxy) is 2. The van der Waals surface area contributed by atoms with Crippen LogP contribution in [0.2, 0.25) is 0 Å². The van der Waals surface area contributed by atoms with Crippen molar-refractivity contribution in [2.75, 3.05) is 26.1 Å². The predicted molar refractivity (Wildman–Crippen MR) is 69.0 cm³/mol. The fraction of sp³-hybridized carbons (Fsp3) is 0.462. The maximum Gasteiger partial charge on any atom is 0.229 e. The quantitative estimate of drug-likeness (QED) is 0.809. The van der Waals surface area contributed by atoms with Crippen LogP contribution in [0, 0.1) is 5.92 Å². The Hall–Kier alpha value is -1.75. The van der Waals surface area contributed by atoms with E-state index in [1.807, 2.05) is 6.92 Å². The van der Waals surface area contributed by atoms with Crippen LogP contribution in [0.5, 0.6) is 11.5 Å². The van der Waals surface area contributed by atoms with Crippen LogP contribution in [0.25, 0.3) is 0 Å². The third-order valence-electron chi connectivity index (χ3n) is 2.75. The van der Waals surface area contributed by atoms with Crippen molar-refractivity contribution in [3.05, 3.63) is 18.2 Å². The molecule has 0 spiro atoms. The summed E-state index contributed by atoms with van der Waals surface area (Å²) in [6.07, 6.45) is 0.584. The number of aliphatic hydroxyl groups is 1. The highest BCUT2D eigenvalue weighted by molar-refractivity contribution is 5.94. The second-order valence-corrected chi connectivity index (χ2v) is 3.84. The fourth-order valence-corrected chi connectivity index (χ4v) is 1.53. The van der Waals surface area contributed by atoms with Gasteiger partial charge in [0.05, 0.1) is 32.4 Å². The van der Waals surface area contributed by atoms with Crippen molar-refractivity contribution in [1.82, 2.24) is 0 Å². The first-order chi connectivity index (χ1) is 8.65. The van der Waals surface area contributed by atoms with Gasteiger partial charge in [0.1, 0.15) is 11.5 Å². The van der Waals surface area contributed by atoms with Gasteiger partial charge >= 0.3 is 0 Å². The molecule has 1 amide bonds. The van der Waals surface area contributed by atoms with Crippen molar-refractivity contribution in [1.29, 1.82) is 0 Å². The number of carbonyl (C=O) groups excluding carboxylic acids is 1. The third-order valence-corrected chi connectivity index (χ3v) is 2.75. The van der Waals surface area contributed by atoms with E-state index in [0.717, 1.165) is 0 Å². The van der Waals surface area contributed by atoms with Crippen molar-refractivity contribution in [3.63, 3.8) is 0 Å². The van der Waals surface area contributed by atoms with Crippen LogP contribution in [0.4, 0.5) is 5.69 Å². The zero-order chi connectivity index (χ0) is 13.5. The monoisotopic (exact) mass is 253 g/mol. The Labute approximate surface area is 107 Å². The maximum absolute atomic E-state index is 11.8. The molecule has 0 saturated carbocycles. The summed E-state index contributed by atoms with van der Waals surface area (Å²) in [5.41, 5.74) is 0.565. The van der Waals surface area contributed by atoms with E-state index in [1.165, 1.54) is 7.11 Å².